The average Bonchev–Trinajstić information content (AvgIpc) is 3.32. The number of anilines is 1. The number of aromatic nitrogens is 5. The predicted octanol–water partition coefficient (Wildman–Crippen LogP) is 2.54. The van der Waals surface area contributed by atoms with E-state index in [4.69, 9.17) is 4.84 Å². The standard InChI is InChI=1S/C19H19N7O2S/c1-26-18(22-24-25-26)17(14-5-3-2-4-6-14)23-28-11-15-12-29-19(20-15)21-16(27)10-9-13-7-8-13/h2-6,9-10,12-13H,7-8,11H2,1H3,(H,20,21,27)/b10-9+,23-17+. The number of carbonyl (C=O) groups excluding carboxylic acids is 1. The number of carbonyl (C=O) groups is 1. The molecule has 1 aliphatic rings. The fraction of sp³-hybridized carbons (Fsp3) is 0.263. The van der Waals surface area contributed by atoms with Crippen molar-refractivity contribution in [2.45, 2.75) is 19.4 Å². The van der Waals surface area contributed by atoms with Gasteiger partial charge in [0.2, 0.25) is 11.7 Å². The van der Waals surface area contributed by atoms with Crippen LogP contribution in [0.1, 0.15) is 29.9 Å². The topological polar surface area (TPSA) is 107 Å². The molecule has 2 heterocycles. The quantitative estimate of drug-likeness (QED) is 0.348. The van der Waals surface area contributed by atoms with Gasteiger partial charge in [0.25, 0.3) is 0 Å². The Morgan fingerprint density at radius 1 is 1.38 bits per heavy atom. The monoisotopic (exact) mass is 409 g/mol. The van der Waals surface area contributed by atoms with Gasteiger partial charge in [0.05, 0.1) is 5.69 Å². The van der Waals surface area contributed by atoms with Crippen LogP contribution in [0, 0.1) is 5.92 Å². The summed E-state index contributed by atoms with van der Waals surface area (Å²) in [6, 6.07) is 9.54. The smallest absolute Gasteiger partial charge is 0.249 e. The molecule has 0 unspecified atom stereocenters. The van der Waals surface area contributed by atoms with Gasteiger partial charge in [-0.1, -0.05) is 41.6 Å². The number of aryl methyl sites for hydroxylation is 1. The van der Waals surface area contributed by atoms with Crippen LogP contribution in [0.3, 0.4) is 0 Å². The number of oxime groups is 1. The minimum Gasteiger partial charge on any atom is -0.389 e. The summed E-state index contributed by atoms with van der Waals surface area (Å²) >= 11 is 1.34. The summed E-state index contributed by atoms with van der Waals surface area (Å²) < 4.78 is 1.53. The van der Waals surface area contributed by atoms with Crippen molar-refractivity contribution in [1.29, 1.82) is 0 Å². The Morgan fingerprint density at radius 3 is 2.93 bits per heavy atom. The van der Waals surface area contributed by atoms with Crippen molar-refractivity contribution in [3.63, 3.8) is 0 Å². The molecule has 0 spiro atoms. The summed E-state index contributed by atoms with van der Waals surface area (Å²) in [7, 11) is 1.74. The second-order valence-electron chi connectivity index (χ2n) is 6.54. The van der Waals surface area contributed by atoms with E-state index in [0.717, 1.165) is 5.56 Å². The Labute approximate surface area is 171 Å². The first kappa shape index (κ1) is 18.9. The number of amides is 1. The van der Waals surface area contributed by atoms with Gasteiger partial charge < -0.3 is 4.84 Å². The summed E-state index contributed by atoms with van der Waals surface area (Å²) in [5.41, 5.74) is 2.02. The van der Waals surface area contributed by atoms with Gasteiger partial charge in [-0.3, -0.25) is 10.1 Å². The van der Waals surface area contributed by atoms with Crippen molar-refractivity contribution in [2.75, 3.05) is 5.32 Å². The van der Waals surface area contributed by atoms with Crippen LogP contribution >= 0.6 is 11.3 Å². The second-order valence-corrected chi connectivity index (χ2v) is 7.39. The minimum absolute atomic E-state index is 0.159. The van der Waals surface area contributed by atoms with Crippen molar-refractivity contribution >= 4 is 28.1 Å². The van der Waals surface area contributed by atoms with Crippen LogP contribution in [-0.2, 0) is 23.3 Å². The molecule has 1 N–H and O–H groups in total. The maximum atomic E-state index is 11.9. The fourth-order valence-electron chi connectivity index (χ4n) is 2.50. The third-order valence-electron chi connectivity index (χ3n) is 4.17. The first-order chi connectivity index (χ1) is 14.2. The van der Waals surface area contributed by atoms with Gasteiger partial charge in [0, 0.05) is 18.0 Å². The first-order valence-corrected chi connectivity index (χ1v) is 9.98. The molecule has 148 valence electrons. The van der Waals surface area contributed by atoms with E-state index in [9.17, 15) is 4.79 Å². The van der Waals surface area contributed by atoms with Crippen LogP contribution in [0.4, 0.5) is 5.13 Å². The molecule has 3 aromatic rings. The lowest BCUT2D eigenvalue weighted by Crippen LogP contribution is -2.12. The first-order valence-electron chi connectivity index (χ1n) is 9.11. The van der Waals surface area contributed by atoms with Crippen LogP contribution < -0.4 is 5.32 Å². The molecule has 1 fully saturated rings. The van der Waals surface area contributed by atoms with E-state index in [1.807, 2.05) is 41.8 Å². The van der Waals surface area contributed by atoms with E-state index >= 15 is 0 Å². The van der Waals surface area contributed by atoms with E-state index in [0.29, 0.717) is 28.3 Å². The third kappa shape index (κ3) is 5.11. The number of thiazole rings is 1. The molecule has 9 nitrogen and oxygen atoms in total. The normalized spacial score (nSPS) is 14.3. The molecule has 1 aromatic carbocycles. The molecule has 0 radical (unpaired) electrons. The van der Waals surface area contributed by atoms with Crippen molar-refractivity contribution in [3.05, 3.63) is 64.9 Å². The Bertz CT molecular complexity index is 1040. The second kappa shape index (κ2) is 8.74. The van der Waals surface area contributed by atoms with Crippen LogP contribution in [0.2, 0.25) is 0 Å². The van der Waals surface area contributed by atoms with Crippen molar-refractivity contribution in [3.8, 4) is 0 Å². The highest BCUT2D eigenvalue weighted by Crippen LogP contribution is 2.30. The van der Waals surface area contributed by atoms with E-state index in [1.54, 1.807) is 13.1 Å². The molecule has 1 amide bonds. The molecule has 0 atom stereocenters. The Kier molecular flexibility index (Phi) is 5.71. The predicted molar refractivity (Wildman–Crippen MR) is 108 cm³/mol. The zero-order chi connectivity index (χ0) is 20.1. The van der Waals surface area contributed by atoms with Crippen LogP contribution in [0.15, 0.2) is 53.0 Å². The molecule has 2 aromatic heterocycles. The van der Waals surface area contributed by atoms with E-state index in [2.05, 4.69) is 31.0 Å². The molecule has 0 aliphatic heterocycles. The molecule has 29 heavy (non-hydrogen) atoms. The summed E-state index contributed by atoms with van der Waals surface area (Å²) in [6.07, 6.45) is 5.84. The molecule has 10 heteroatoms. The molecule has 4 rings (SSSR count). The summed E-state index contributed by atoms with van der Waals surface area (Å²) in [4.78, 5) is 21.7. The van der Waals surface area contributed by atoms with E-state index in [1.165, 1.54) is 28.9 Å². The Morgan fingerprint density at radius 2 is 2.21 bits per heavy atom. The van der Waals surface area contributed by atoms with E-state index < -0.39 is 0 Å². The largest absolute Gasteiger partial charge is 0.389 e. The van der Waals surface area contributed by atoms with Gasteiger partial charge in [-0.05, 0) is 35.3 Å². The fourth-order valence-corrected chi connectivity index (χ4v) is 3.20. The zero-order valence-electron chi connectivity index (χ0n) is 15.7. The SMILES string of the molecule is Cn1nnnc1/C(=N/OCc1csc(NC(=O)/C=C/C2CC2)n1)c1ccccc1. The van der Waals surface area contributed by atoms with Crippen molar-refractivity contribution in [2.24, 2.45) is 18.1 Å². The number of allylic oxidation sites excluding steroid dienone is 1. The number of nitrogens with zero attached hydrogens (tertiary/aromatic N) is 6. The van der Waals surface area contributed by atoms with Gasteiger partial charge in [0.1, 0.15) is 0 Å². The number of hydrogen-bond acceptors (Lipinski definition) is 8. The number of nitrogens with one attached hydrogen (secondary N) is 1. The van der Waals surface area contributed by atoms with Gasteiger partial charge in [-0.15, -0.1) is 16.4 Å². The van der Waals surface area contributed by atoms with Crippen LogP contribution in [0.25, 0.3) is 0 Å². The Hall–Kier alpha value is -3.40. The number of rotatable bonds is 8. The van der Waals surface area contributed by atoms with Crippen LogP contribution in [0.5, 0.6) is 0 Å². The maximum Gasteiger partial charge on any atom is 0.249 e. The number of hydrogen-bond donors (Lipinski definition) is 1. The van der Waals surface area contributed by atoms with Crippen LogP contribution in [-0.4, -0.2) is 36.8 Å². The molecule has 0 bridgehead atoms. The molecular formula is C19H19N7O2S. The number of benzene rings is 1. The van der Waals surface area contributed by atoms with Gasteiger partial charge >= 0.3 is 0 Å². The highest BCUT2D eigenvalue weighted by atomic mass is 32.1. The molecule has 0 saturated heterocycles. The number of tetrazole rings is 1. The summed E-state index contributed by atoms with van der Waals surface area (Å²) in [5, 5.41) is 20.9. The maximum absolute atomic E-state index is 11.9. The summed E-state index contributed by atoms with van der Waals surface area (Å²) in [5.74, 6) is 0.879. The van der Waals surface area contributed by atoms with Gasteiger partial charge in [-0.2, -0.15) is 0 Å². The Balaban J connectivity index is 1.40. The zero-order valence-corrected chi connectivity index (χ0v) is 16.5. The van der Waals surface area contributed by atoms with Crippen molar-refractivity contribution < 1.29 is 9.63 Å². The van der Waals surface area contributed by atoms with Crippen molar-refractivity contribution in [1.82, 2.24) is 25.2 Å². The lowest BCUT2D eigenvalue weighted by molar-refractivity contribution is -0.111. The van der Waals surface area contributed by atoms with E-state index in [-0.39, 0.29) is 12.5 Å². The lowest BCUT2D eigenvalue weighted by Gasteiger charge is -2.05. The average molecular weight is 409 g/mol. The third-order valence-corrected chi connectivity index (χ3v) is 4.98. The molecular weight excluding hydrogens is 390 g/mol. The highest BCUT2D eigenvalue weighted by Gasteiger charge is 2.18. The minimum atomic E-state index is -0.169. The molecule has 1 aliphatic carbocycles. The lowest BCUT2D eigenvalue weighted by atomic mass is 10.1. The van der Waals surface area contributed by atoms with Gasteiger partial charge in [0.15, 0.2) is 17.5 Å². The highest BCUT2D eigenvalue weighted by molar-refractivity contribution is 7.13. The van der Waals surface area contributed by atoms with Gasteiger partial charge in [-0.25, -0.2) is 9.67 Å². The molecule has 1 saturated carbocycles. The summed E-state index contributed by atoms with van der Waals surface area (Å²) in [6.45, 7) is 0.159.